The van der Waals surface area contributed by atoms with Crippen LogP contribution in [0.5, 0.6) is 0 Å². The zero-order chi connectivity index (χ0) is 13.5. The second-order valence-electron chi connectivity index (χ2n) is 4.12. The van der Waals surface area contributed by atoms with Gasteiger partial charge < -0.3 is 4.74 Å². The minimum atomic E-state index is -0.203. The molecule has 0 fully saturated rings. The number of esters is 1. The smallest absolute Gasteiger partial charge is 0.302 e. The van der Waals surface area contributed by atoms with E-state index in [1.54, 1.807) is 0 Å². The lowest BCUT2D eigenvalue weighted by molar-refractivity contribution is -0.140. The van der Waals surface area contributed by atoms with Gasteiger partial charge in [-0.15, -0.1) is 0 Å². The molecule has 0 heterocycles. The Morgan fingerprint density at radius 3 is 2.22 bits per heavy atom. The predicted molar refractivity (Wildman–Crippen MR) is 77.4 cm³/mol. The maximum Gasteiger partial charge on any atom is 0.302 e. The van der Waals surface area contributed by atoms with Crippen molar-refractivity contribution in [3.05, 3.63) is 36.5 Å². The second kappa shape index (κ2) is 13.8. The molecule has 0 saturated heterocycles. The van der Waals surface area contributed by atoms with Crippen LogP contribution in [0.3, 0.4) is 0 Å². The average molecular weight is 250 g/mol. The Bertz CT molecular complexity index is 275. The number of unbranched alkanes of at least 4 members (excludes halogenated alkanes) is 2. The Labute approximate surface area is 111 Å². The fourth-order valence-corrected chi connectivity index (χ4v) is 1.42. The van der Waals surface area contributed by atoms with Crippen molar-refractivity contribution < 1.29 is 9.53 Å². The van der Waals surface area contributed by atoms with Crippen LogP contribution in [0.25, 0.3) is 0 Å². The highest BCUT2D eigenvalue weighted by molar-refractivity contribution is 5.65. The van der Waals surface area contributed by atoms with Crippen LogP contribution in [0.4, 0.5) is 0 Å². The fraction of sp³-hybridized carbons (Fsp3) is 0.562. The first-order valence-electron chi connectivity index (χ1n) is 6.85. The Morgan fingerprint density at radius 2 is 1.56 bits per heavy atom. The highest BCUT2D eigenvalue weighted by Crippen LogP contribution is 2.00. The van der Waals surface area contributed by atoms with Gasteiger partial charge in [0.1, 0.15) is 0 Å². The van der Waals surface area contributed by atoms with Crippen LogP contribution in [-0.4, -0.2) is 12.6 Å². The van der Waals surface area contributed by atoms with Crippen molar-refractivity contribution in [2.24, 2.45) is 0 Å². The maximum absolute atomic E-state index is 10.5. The molecule has 2 heteroatoms. The van der Waals surface area contributed by atoms with Gasteiger partial charge in [0, 0.05) is 6.92 Å². The third-order valence-corrected chi connectivity index (χ3v) is 2.34. The van der Waals surface area contributed by atoms with Crippen molar-refractivity contribution in [3.8, 4) is 0 Å². The molecule has 0 aliphatic carbocycles. The molecule has 18 heavy (non-hydrogen) atoms. The van der Waals surface area contributed by atoms with Crippen LogP contribution < -0.4 is 0 Å². The molecule has 0 aromatic heterocycles. The van der Waals surface area contributed by atoms with E-state index in [1.165, 1.54) is 13.3 Å². The molecule has 0 unspecified atom stereocenters. The van der Waals surface area contributed by atoms with Crippen LogP contribution in [0.1, 0.15) is 52.4 Å². The first-order chi connectivity index (χ1) is 8.77. The summed E-state index contributed by atoms with van der Waals surface area (Å²) in [5.74, 6) is -0.203. The monoisotopic (exact) mass is 250 g/mol. The average Bonchev–Trinajstić information content (AvgIpc) is 2.34. The van der Waals surface area contributed by atoms with Crippen LogP contribution in [-0.2, 0) is 9.53 Å². The lowest BCUT2D eigenvalue weighted by Gasteiger charge is -1.96. The van der Waals surface area contributed by atoms with Crippen LogP contribution in [0.15, 0.2) is 36.5 Å². The number of hydrogen-bond acceptors (Lipinski definition) is 2. The Morgan fingerprint density at radius 1 is 0.944 bits per heavy atom. The standard InChI is InChI=1S/C16H26O2/c1-3-4-5-6-7-8-9-10-11-12-13-14-15-18-16(2)17/h4-5,7-8,12-13H,3,6,9-11,14-15H2,1-2H3/b5-4+,8-7+,13-12+. The van der Waals surface area contributed by atoms with Crippen molar-refractivity contribution in [2.75, 3.05) is 6.61 Å². The van der Waals surface area contributed by atoms with Gasteiger partial charge in [-0.2, -0.15) is 0 Å². The van der Waals surface area contributed by atoms with Gasteiger partial charge in [-0.1, -0.05) is 43.4 Å². The molecule has 102 valence electrons. The highest BCUT2D eigenvalue weighted by atomic mass is 16.5. The van der Waals surface area contributed by atoms with Gasteiger partial charge in [0.2, 0.25) is 0 Å². The van der Waals surface area contributed by atoms with E-state index in [0.29, 0.717) is 6.61 Å². The van der Waals surface area contributed by atoms with Crippen LogP contribution >= 0.6 is 0 Å². The molecule has 0 N–H and O–H groups in total. The van der Waals surface area contributed by atoms with E-state index in [-0.39, 0.29) is 5.97 Å². The Balaban J connectivity index is 3.26. The van der Waals surface area contributed by atoms with Crippen LogP contribution in [0, 0.1) is 0 Å². The quantitative estimate of drug-likeness (QED) is 0.322. The molecule has 0 saturated carbocycles. The van der Waals surface area contributed by atoms with E-state index in [0.717, 1.165) is 32.1 Å². The van der Waals surface area contributed by atoms with Gasteiger partial charge in [-0.05, 0) is 38.5 Å². The fourth-order valence-electron chi connectivity index (χ4n) is 1.42. The summed E-state index contributed by atoms with van der Waals surface area (Å²) in [6, 6.07) is 0. The number of allylic oxidation sites excluding steroid dienone is 5. The molecule has 0 radical (unpaired) electrons. The highest BCUT2D eigenvalue weighted by Gasteiger charge is 1.88. The molecule has 0 atom stereocenters. The summed E-state index contributed by atoms with van der Waals surface area (Å²) in [6.45, 7) is 4.08. The normalized spacial score (nSPS) is 11.9. The lowest BCUT2D eigenvalue weighted by atomic mass is 10.2. The molecular formula is C16H26O2. The number of rotatable bonds is 10. The van der Waals surface area contributed by atoms with Crippen molar-refractivity contribution in [3.63, 3.8) is 0 Å². The van der Waals surface area contributed by atoms with Gasteiger partial charge in [0.05, 0.1) is 6.61 Å². The summed E-state index contributed by atoms with van der Waals surface area (Å²) in [5, 5.41) is 0. The third kappa shape index (κ3) is 14.7. The van der Waals surface area contributed by atoms with E-state index < -0.39 is 0 Å². The van der Waals surface area contributed by atoms with Gasteiger partial charge in [0.25, 0.3) is 0 Å². The van der Waals surface area contributed by atoms with Crippen molar-refractivity contribution in [2.45, 2.75) is 52.4 Å². The second-order valence-corrected chi connectivity index (χ2v) is 4.12. The Kier molecular flexibility index (Phi) is 12.8. The minimum Gasteiger partial charge on any atom is -0.466 e. The summed E-state index contributed by atoms with van der Waals surface area (Å²) in [6.07, 6.45) is 19.5. The van der Waals surface area contributed by atoms with E-state index in [9.17, 15) is 4.79 Å². The van der Waals surface area contributed by atoms with E-state index >= 15 is 0 Å². The topological polar surface area (TPSA) is 26.3 Å². The van der Waals surface area contributed by atoms with E-state index in [4.69, 9.17) is 4.74 Å². The molecule has 0 aromatic rings. The number of hydrogen-bond donors (Lipinski definition) is 0. The first kappa shape index (κ1) is 16.7. The molecular weight excluding hydrogens is 224 g/mol. The number of carbonyl (C=O) groups excluding carboxylic acids is 1. The molecule has 0 rings (SSSR count). The summed E-state index contributed by atoms with van der Waals surface area (Å²) in [7, 11) is 0. The summed E-state index contributed by atoms with van der Waals surface area (Å²) >= 11 is 0. The van der Waals surface area contributed by atoms with Gasteiger partial charge in [0.15, 0.2) is 0 Å². The maximum atomic E-state index is 10.5. The molecule has 0 amide bonds. The first-order valence-corrected chi connectivity index (χ1v) is 6.85. The van der Waals surface area contributed by atoms with Gasteiger partial charge in [-0.3, -0.25) is 4.79 Å². The van der Waals surface area contributed by atoms with Crippen molar-refractivity contribution in [1.29, 1.82) is 0 Å². The molecule has 0 aliphatic heterocycles. The van der Waals surface area contributed by atoms with Gasteiger partial charge in [-0.25, -0.2) is 0 Å². The summed E-state index contributed by atoms with van der Waals surface area (Å²) in [5.41, 5.74) is 0. The third-order valence-electron chi connectivity index (χ3n) is 2.34. The summed E-state index contributed by atoms with van der Waals surface area (Å²) in [4.78, 5) is 10.5. The predicted octanol–water partition coefficient (Wildman–Crippen LogP) is 4.58. The number of ether oxygens (including phenoxy) is 1. The van der Waals surface area contributed by atoms with Gasteiger partial charge >= 0.3 is 5.97 Å². The summed E-state index contributed by atoms with van der Waals surface area (Å²) < 4.78 is 4.83. The van der Waals surface area contributed by atoms with Crippen LogP contribution in [0.2, 0.25) is 0 Å². The molecule has 2 nitrogen and oxygen atoms in total. The molecule has 0 bridgehead atoms. The lowest BCUT2D eigenvalue weighted by Crippen LogP contribution is -1.98. The zero-order valence-corrected chi connectivity index (χ0v) is 11.7. The Hall–Kier alpha value is -1.31. The molecule has 0 spiro atoms. The largest absolute Gasteiger partial charge is 0.466 e. The van der Waals surface area contributed by atoms with Crippen molar-refractivity contribution in [1.82, 2.24) is 0 Å². The number of carbonyl (C=O) groups is 1. The van der Waals surface area contributed by atoms with Crippen molar-refractivity contribution >= 4 is 5.97 Å². The molecule has 0 aromatic carbocycles. The SMILES string of the molecule is CC/C=C/C/C=C/CCC/C=C/CCOC(C)=O. The van der Waals surface area contributed by atoms with E-state index in [1.807, 2.05) is 0 Å². The van der Waals surface area contributed by atoms with E-state index in [2.05, 4.69) is 43.4 Å². The molecule has 0 aliphatic rings. The minimum absolute atomic E-state index is 0.203. The zero-order valence-electron chi connectivity index (χ0n) is 11.7.